The standard InChI is InChI=1S/C9H10F3N3O2/c1-15(2)7-6(9(10,11)12)3-5(4-13-7)14-8(16)17/h3-4,14H,1-2H3,(H,16,17). The van der Waals surface area contributed by atoms with Crippen LogP contribution in [-0.4, -0.2) is 30.3 Å². The molecule has 94 valence electrons. The van der Waals surface area contributed by atoms with Crippen LogP contribution < -0.4 is 10.2 Å². The van der Waals surface area contributed by atoms with E-state index in [0.717, 1.165) is 6.20 Å². The average molecular weight is 249 g/mol. The molecular weight excluding hydrogens is 239 g/mol. The highest BCUT2D eigenvalue weighted by atomic mass is 19.4. The Morgan fingerprint density at radius 1 is 1.47 bits per heavy atom. The van der Waals surface area contributed by atoms with Crippen LogP contribution in [0.5, 0.6) is 0 Å². The van der Waals surface area contributed by atoms with Crippen LogP contribution in [0.2, 0.25) is 0 Å². The highest BCUT2D eigenvalue weighted by molar-refractivity contribution is 5.83. The minimum Gasteiger partial charge on any atom is -0.465 e. The molecule has 0 aliphatic heterocycles. The van der Waals surface area contributed by atoms with Crippen LogP contribution in [0.4, 0.5) is 29.5 Å². The summed E-state index contributed by atoms with van der Waals surface area (Å²) in [4.78, 5) is 15.1. The third-order valence-electron chi connectivity index (χ3n) is 1.85. The molecule has 1 aromatic heterocycles. The van der Waals surface area contributed by atoms with Crippen molar-refractivity contribution in [2.24, 2.45) is 0 Å². The number of anilines is 2. The van der Waals surface area contributed by atoms with Crippen molar-refractivity contribution in [2.75, 3.05) is 24.3 Å². The molecule has 0 atom stereocenters. The van der Waals surface area contributed by atoms with Crippen LogP contribution in [0, 0.1) is 0 Å². The highest BCUT2D eigenvalue weighted by Crippen LogP contribution is 2.36. The molecule has 1 amide bonds. The van der Waals surface area contributed by atoms with Gasteiger partial charge < -0.3 is 10.0 Å². The summed E-state index contributed by atoms with van der Waals surface area (Å²) in [5, 5.41) is 10.2. The van der Waals surface area contributed by atoms with E-state index in [1.165, 1.54) is 19.0 Å². The molecule has 0 aliphatic carbocycles. The number of halogens is 3. The molecule has 0 aliphatic rings. The Bertz CT molecular complexity index is 432. The highest BCUT2D eigenvalue weighted by Gasteiger charge is 2.35. The van der Waals surface area contributed by atoms with Crippen LogP contribution in [0.15, 0.2) is 12.3 Å². The SMILES string of the molecule is CN(C)c1ncc(NC(=O)O)cc1C(F)(F)F. The van der Waals surface area contributed by atoms with Crippen molar-refractivity contribution in [2.45, 2.75) is 6.18 Å². The zero-order chi connectivity index (χ0) is 13.2. The normalized spacial score (nSPS) is 11.1. The number of hydrogen-bond donors (Lipinski definition) is 2. The number of carbonyl (C=O) groups is 1. The van der Waals surface area contributed by atoms with Gasteiger partial charge in [-0.05, 0) is 6.07 Å². The van der Waals surface area contributed by atoms with E-state index >= 15 is 0 Å². The van der Waals surface area contributed by atoms with Gasteiger partial charge in [-0.15, -0.1) is 0 Å². The summed E-state index contributed by atoms with van der Waals surface area (Å²) in [5.41, 5.74) is -1.22. The van der Waals surface area contributed by atoms with Gasteiger partial charge in [-0.25, -0.2) is 9.78 Å². The summed E-state index contributed by atoms with van der Waals surface area (Å²) in [7, 11) is 2.84. The van der Waals surface area contributed by atoms with E-state index in [1.807, 2.05) is 5.32 Å². The summed E-state index contributed by atoms with van der Waals surface area (Å²) in [5.74, 6) is -0.270. The zero-order valence-corrected chi connectivity index (χ0v) is 9.04. The Balaban J connectivity index is 3.24. The maximum absolute atomic E-state index is 12.7. The number of hydrogen-bond acceptors (Lipinski definition) is 3. The molecule has 0 saturated carbocycles. The molecule has 0 saturated heterocycles. The van der Waals surface area contributed by atoms with Gasteiger partial charge in [0.15, 0.2) is 0 Å². The molecule has 0 radical (unpaired) electrons. The second kappa shape index (κ2) is 4.48. The number of rotatable bonds is 2. The lowest BCUT2D eigenvalue weighted by Crippen LogP contribution is -2.19. The molecule has 1 heterocycles. The van der Waals surface area contributed by atoms with Crippen LogP contribution in [0.3, 0.4) is 0 Å². The molecule has 0 spiro atoms. The van der Waals surface area contributed by atoms with Gasteiger partial charge in [-0.1, -0.05) is 0 Å². The van der Waals surface area contributed by atoms with Gasteiger partial charge in [-0.2, -0.15) is 13.2 Å². The summed E-state index contributed by atoms with van der Waals surface area (Å²) in [6.45, 7) is 0. The minimum absolute atomic E-state index is 0.226. The van der Waals surface area contributed by atoms with Gasteiger partial charge in [0.25, 0.3) is 0 Å². The zero-order valence-electron chi connectivity index (χ0n) is 9.04. The van der Waals surface area contributed by atoms with Crippen molar-refractivity contribution in [3.63, 3.8) is 0 Å². The van der Waals surface area contributed by atoms with E-state index < -0.39 is 17.8 Å². The first-order valence-electron chi connectivity index (χ1n) is 4.46. The van der Waals surface area contributed by atoms with Crippen LogP contribution in [-0.2, 0) is 6.18 Å². The molecule has 17 heavy (non-hydrogen) atoms. The van der Waals surface area contributed by atoms with Crippen LogP contribution >= 0.6 is 0 Å². The Hall–Kier alpha value is -1.99. The summed E-state index contributed by atoms with van der Waals surface area (Å²) < 4.78 is 38.1. The average Bonchev–Trinajstić information content (AvgIpc) is 2.14. The van der Waals surface area contributed by atoms with E-state index in [4.69, 9.17) is 5.11 Å². The molecule has 0 fully saturated rings. The predicted octanol–water partition coefficient (Wildman–Crippen LogP) is 2.26. The fraction of sp³-hybridized carbons (Fsp3) is 0.333. The maximum atomic E-state index is 12.7. The van der Waals surface area contributed by atoms with Crippen molar-refractivity contribution in [1.29, 1.82) is 0 Å². The molecule has 1 rings (SSSR count). The maximum Gasteiger partial charge on any atom is 0.420 e. The molecule has 5 nitrogen and oxygen atoms in total. The second-order valence-electron chi connectivity index (χ2n) is 3.42. The first-order valence-corrected chi connectivity index (χ1v) is 4.46. The second-order valence-corrected chi connectivity index (χ2v) is 3.42. The monoisotopic (exact) mass is 249 g/mol. The lowest BCUT2D eigenvalue weighted by molar-refractivity contribution is -0.137. The van der Waals surface area contributed by atoms with Gasteiger partial charge >= 0.3 is 12.3 Å². The molecule has 8 heteroatoms. The number of nitrogens with zero attached hydrogens (tertiary/aromatic N) is 2. The van der Waals surface area contributed by atoms with Gasteiger partial charge in [-0.3, -0.25) is 5.32 Å². The summed E-state index contributed by atoms with van der Waals surface area (Å²) in [6, 6.07) is 0.705. The van der Waals surface area contributed by atoms with Crippen LogP contribution in [0.1, 0.15) is 5.56 Å². The third-order valence-corrected chi connectivity index (χ3v) is 1.85. The molecule has 0 unspecified atom stereocenters. The number of aromatic nitrogens is 1. The van der Waals surface area contributed by atoms with Gasteiger partial charge in [0.2, 0.25) is 0 Å². The van der Waals surface area contributed by atoms with E-state index in [-0.39, 0.29) is 11.5 Å². The van der Waals surface area contributed by atoms with Gasteiger partial charge in [0, 0.05) is 14.1 Å². The van der Waals surface area contributed by atoms with E-state index in [9.17, 15) is 18.0 Å². The predicted molar refractivity (Wildman–Crippen MR) is 55.2 cm³/mol. The van der Waals surface area contributed by atoms with E-state index in [0.29, 0.717) is 6.07 Å². The van der Waals surface area contributed by atoms with Crippen molar-refractivity contribution in [3.8, 4) is 0 Å². The molecule has 0 aromatic carbocycles. The Morgan fingerprint density at radius 2 is 2.06 bits per heavy atom. The van der Waals surface area contributed by atoms with E-state index in [2.05, 4.69) is 4.98 Å². The topological polar surface area (TPSA) is 65.5 Å². The smallest absolute Gasteiger partial charge is 0.420 e. The first-order chi connectivity index (χ1) is 7.71. The Labute approximate surface area is 94.9 Å². The van der Waals surface area contributed by atoms with Crippen LogP contribution in [0.25, 0.3) is 0 Å². The number of pyridine rings is 1. The van der Waals surface area contributed by atoms with Gasteiger partial charge in [0.05, 0.1) is 11.9 Å². The van der Waals surface area contributed by atoms with Crippen molar-refractivity contribution >= 4 is 17.6 Å². The van der Waals surface area contributed by atoms with Crippen molar-refractivity contribution < 1.29 is 23.1 Å². The van der Waals surface area contributed by atoms with E-state index in [1.54, 1.807) is 0 Å². The molecule has 0 bridgehead atoms. The lowest BCUT2D eigenvalue weighted by atomic mass is 10.2. The quantitative estimate of drug-likeness (QED) is 0.843. The minimum atomic E-state index is -4.59. The fourth-order valence-corrected chi connectivity index (χ4v) is 1.21. The molecule has 1 aromatic rings. The summed E-state index contributed by atoms with van der Waals surface area (Å²) >= 11 is 0. The lowest BCUT2D eigenvalue weighted by Gasteiger charge is -2.18. The van der Waals surface area contributed by atoms with Crippen molar-refractivity contribution in [3.05, 3.63) is 17.8 Å². The molecule has 2 N–H and O–H groups in total. The number of carboxylic acid groups (broad SMARTS) is 1. The van der Waals surface area contributed by atoms with Gasteiger partial charge in [0.1, 0.15) is 11.4 Å². The number of alkyl halides is 3. The van der Waals surface area contributed by atoms with Crippen molar-refractivity contribution in [1.82, 2.24) is 4.98 Å². The first kappa shape index (κ1) is 13.1. The summed E-state index contributed by atoms with van der Waals surface area (Å²) in [6.07, 6.45) is -5.01. The Kier molecular flexibility index (Phi) is 3.45. The number of nitrogens with one attached hydrogen (secondary N) is 1. The fourth-order valence-electron chi connectivity index (χ4n) is 1.21. The Morgan fingerprint density at radius 3 is 2.47 bits per heavy atom. The third kappa shape index (κ3) is 3.23. The molecular formula is C9H10F3N3O2. The number of amides is 1. The largest absolute Gasteiger partial charge is 0.465 e.